The molecule has 1 rings (SSSR count). The van der Waals surface area contributed by atoms with Crippen LogP contribution in [0.5, 0.6) is 0 Å². The van der Waals surface area contributed by atoms with E-state index in [-0.39, 0.29) is 6.42 Å². The highest BCUT2D eigenvalue weighted by Gasteiger charge is 2.08. The maximum absolute atomic E-state index is 10.4. The van der Waals surface area contributed by atoms with E-state index in [9.17, 15) is 9.90 Å². The summed E-state index contributed by atoms with van der Waals surface area (Å²) in [6, 6.07) is 8.97. The van der Waals surface area contributed by atoms with Crippen molar-refractivity contribution in [2.75, 3.05) is 0 Å². The van der Waals surface area contributed by atoms with Crippen molar-refractivity contribution in [3.05, 3.63) is 35.9 Å². The van der Waals surface area contributed by atoms with Crippen LogP contribution in [0.15, 0.2) is 30.3 Å². The lowest BCUT2D eigenvalue weighted by Crippen LogP contribution is -2.14. The molecule has 0 aliphatic rings. The number of nitrogens with two attached hydrogens (primary N) is 1. The molecule has 1 atom stereocenters. The van der Waals surface area contributed by atoms with Gasteiger partial charge in [0.1, 0.15) is 0 Å². The topological polar surface area (TPSA) is 63.3 Å². The third-order valence-electron chi connectivity index (χ3n) is 1.58. The van der Waals surface area contributed by atoms with E-state index in [0.29, 0.717) is 0 Å². The van der Waals surface area contributed by atoms with Crippen molar-refractivity contribution in [2.45, 2.75) is 12.5 Å². The summed E-state index contributed by atoms with van der Waals surface area (Å²) in [7, 11) is 0. The molecule has 3 N–H and O–H groups in total. The maximum atomic E-state index is 10.4. The number of benzene rings is 1. The van der Waals surface area contributed by atoms with E-state index in [1.807, 2.05) is 6.07 Å². The third-order valence-corrected chi connectivity index (χ3v) is 1.58. The average molecular weight is 165 g/mol. The van der Waals surface area contributed by atoms with Gasteiger partial charge in [-0.1, -0.05) is 30.3 Å². The summed E-state index contributed by atoms with van der Waals surface area (Å²) in [4.78, 5) is 10.4. The van der Waals surface area contributed by atoms with Gasteiger partial charge in [-0.2, -0.15) is 0 Å². The van der Waals surface area contributed by atoms with Gasteiger partial charge in [0.25, 0.3) is 0 Å². The number of hydrogen-bond acceptors (Lipinski definition) is 2. The van der Waals surface area contributed by atoms with Crippen LogP contribution >= 0.6 is 0 Å². The number of carbonyl (C=O) groups excluding carboxylic acids is 1. The Morgan fingerprint density at radius 2 is 2.00 bits per heavy atom. The predicted octanol–water partition coefficient (Wildman–Crippen LogP) is 0.595. The highest BCUT2D eigenvalue weighted by atomic mass is 16.3. The highest BCUT2D eigenvalue weighted by Crippen LogP contribution is 2.14. The predicted molar refractivity (Wildman–Crippen MR) is 45.2 cm³/mol. The first-order valence-corrected chi connectivity index (χ1v) is 3.71. The van der Waals surface area contributed by atoms with E-state index in [0.717, 1.165) is 5.56 Å². The molecule has 0 heterocycles. The maximum Gasteiger partial charge on any atom is 0.220 e. The van der Waals surface area contributed by atoms with Crippen LogP contribution in [-0.4, -0.2) is 11.0 Å². The monoisotopic (exact) mass is 165 g/mol. The van der Waals surface area contributed by atoms with E-state index < -0.39 is 12.0 Å². The Labute approximate surface area is 70.8 Å². The highest BCUT2D eigenvalue weighted by molar-refractivity contribution is 5.74. The molecule has 1 amide bonds. The molecule has 0 saturated carbocycles. The van der Waals surface area contributed by atoms with Crippen molar-refractivity contribution in [1.29, 1.82) is 0 Å². The minimum atomic E-state index is -0.774. The SMILES string of the molecule is NC(=O)C[C@H](O)c1ccccc1. The van der Waals surface area contributed by atoms with Crippen molar-refractivity contribution in [3.63, 3.8) is 0 Å². The van der Waals surface area contributed by atoms with E-state index in [1.165, 1.54) is 0 Å². The number of primary amides is 1. The van der Waals surface area contributed by atoms with Gasteiger partial charge in [0.05, 0.1) is 12.5 Å². The summed E-state index contributed by atoms with van der Waals surface area (Å²) < 4.78 is 0. The Bertz CT molecular complexity index is 258. The molecule has 3 nitrogen and oxygen atoms in total. The van der Waals surface area contributed by atoms with Crippen molar-refractivity contribution in [3.8, 4) is 0 Å². The lowest BCUT2D eigenvalue weighted by molar-refractivity contribution is -0.119. The Balaban J connectivity index is 2.65. The Hall–Kier alpha value is -1.35. The van der Waals surface area contributed by atoms with E-state index >= 15 is 0 Å². The van der Waals surface area contributed by atoms with E-state index in [2.05, 4.69) is 0 Å². The minimum Gasteiger partial charge on any atom is -0.388 e. The van der Waals surface area contributed by atoms with Crippen LogP contribution in [-0.2, 0) is 4.79 Å². The zero-order valence-electron chi connectivity index (χ0n) is 6.60. The molecule has 3 heteroatoms. The minimum absolute atomic E-state index is 0.0238. The molecule has 12 heavy (non-hydrogen) atoms. The fourth-order valence-electron chi connectivity index (χ4n) is 0.984. The molecule has 0 bridgehead atoms. The summed E-state index contributed by atoms with van der Waals surface area (Å²) in [5, 5.41) is 9.39. The van der Waals surface area contributed by atoms with Gasteiger partial charge in [-0.3, -0.25) is 4.79 Å². The van der Waals surface area contributed by atoms with Crippen LogP contribution in [0.25, 0.3) is 0 Å². The summed E-state index contributed by atoms with van der Waals surface area (Å²) in [6.45, 7) is 0. The molecule has 0 unspecified atom stereocenters. The standard InChI is InChI=1S/C9H11NO2/c10-9(12)6-8(11)7-4-2-1-3-5-7/h1-5,8,11H,6H2,(H2,10,12)/t8-/m0/s1. The quantitative estimate of drug-likeness (QED) is 0.688. The number of rotatable bonds is 3. The second kappa shape index (κ2) is 3.88. The Kier molecular flexibility index (Phi) is 2.82. The van der Waals surface area contributed by atoms with Gasteiger partial charge in [0, 0.05) is 0 Å². The van der Waals surface area contributed by atoms with Gasteiger partial charge in [-0.15, -0.1) is 0 Å². The Morgan fingerprint density at radius 1 is 1.42 bits per heavy atom. The van der Waals surface area contributed by atoms with Crippen LogP contribution < -0.4 is 5.73 Å². The molecule has 0 aliphatic carbocycles. The molecular formula is C9H11NO2. The lowest BCUT2D eigenvalue weighted by Gasteiger charge is -2.07. The third kappa shape index (κ3) is 2.36. The molecule has 0 spiro atoms. The normalized spacial score (nSPS) is 12.4. The zero-order chi connectivity index (χ0) is 8.97. The molecule has 0 aliphatic heterocycles. The molecular weight excluding hydrogens is 154 g/mol. The second-order valence-corrected chi connectivity index (χ2v) is 2.60. The lowest BCUT2D eigenvalue weighted by atomic mass is 10.1. The van der Waals surface area contributed by atoms with E-state index in [4.69, 9.17) is 5.73 Å². The van der Waals surface area contributed by atoms with Gasteiger partial charge in [-0.05, 0) is 5.56 Å². The van der Waals surface area contributed by atoms with Crippen LogP contribution in [0.1, 0.15) is 18.1 Å². The summed E-state index contributed by atoms with van der Waals surface area (Å²) in [5.41, 5.74) is 5.65. The number of aliphatic hydroxyl groups is 1. The first-order chi connectivity index (χ1) is 5.70. The number of carbonyl (C=O) groups is 1. The van der Waals surface area contributed by atoms with Crippen LogP contribution in [0, 0.1) is 0 Å². The first-order valence-electron chi connectivity index (χ1n) is 3.71. The van der Waals surface area contributed by atoms with E-state index in [1.54, 1.807) is 24.3 Å². The fourth-order valence-corrected chi connectivity index (χ4v) is 0.984. The van der Waals surface area contributed by atoms with Crippen molar-refractivity contribution in [2.24, 2.45) is 5.73 Å². The molecule has 0 saturated heterocycles. The van der Waals surface area contributed by atoms with Crippen molar-refractivity contribution in [1.82, 2.24) is 0 Å². The number of hydrogen-bond donors (Lipinski definition) is 2. The van der Waals surface area contributed by atoms with Gasteiger partial charge in [0.2, 0.25) is 5.91 Å². The van der Waals surface area contributed by atoms with Crippen LogP contribution in [0.2, 0.25) is 0 Å². The molecule has 64 valence electrons. The van der Waals surface area contributed by atoms with Crippen molar-refractivity contribution < 1.29 is 9.90 Å². The summed E-state index contributed by atoms with van der Waals surface area (Å²) in [6.07, 6.45) is -0.798. The molecule has 1 aromatic rings. The number of amides is 1. The molecule has 0 aromatic heterocycles. The number of aliphatic hydroxyl groups excluding tert-OH is 1. The second-order valence-electron chi connectivity index (χ2n) is 2.60. The van der Waals surface area contributed by atoms with Crippen LogP contribution in [0.4, 0.5) is 0 Å². The van der Waals surface area contributed by atoms with Gasteiger partial charge < -0.3 is 10.8 Å². The smallest absolute Gasteiger partial charge is 0.220 e. The summed E-state index contributed by atoms with van der Waals surface area (Å²) in [5.74, 6) is -0.494. The Morgan fingerprint density at radius 3 is 2.50 bits per heavy atom. The first kappa shape index (κ1) is 8.74. The van der Waals surface area contributed by atoms with Gasteiger partial charge in [0.15, 0.2) is 0 Å². The fraction of sp³-hybridized carbons (Fsp3) is 0.222. The van der Waals surface area contributed by atoms with Crippen LogP contribution in [0.3, 0.4) is 0 Å². The molecule has 0 radical (unpaired) electrons. The van der Waals surface area contributed by atoms with Crippen molar-refractivity contribution >= 4 is 5.91 Å². The van der Waals surface area contributed by atoms with Gasteiger partial charge in [-0.25, -0.2) is 0 Å². The molecule has 1 aromatic carbocycles. The zero-order valence-corrected chi connectivity index (χ0v) is 6.60. The average Bonchev–Trinajstić information content (AvgIpc) is 2.05. The summed E-state index contributed by atoms with van der Waals surface area (Å²) >= 11 is 0. The largest absolute Gasteiger partial charge is 0.388 e. The molecule has 0 fully saturated rings. The van der Waals surface area contributed by atoms with Gasteiger partial charge >= 0.3 is 0 Å².